The lowest BCUT2D eigenvalue weighted by Gasteiger charge is -2.24. The maximum atomic E-state index is 5.61. The highest BCUT2D eigenvalue weighted by molar-refractivity contribution is 5.98. The molecule has 0 radical (unpaired) electrons. The van der Waals surface area contributed by atoms with Crippen LogP contribution in [0, 0.1) is 0 Å². The van der Waals surface area contributed by atoms with Crippen molar-refractivity contribution < 1.29 is 0 Å². The van der Waals surface area contributed by atoms with Gasteiger partial charge in [-0.15, -0.1) is 0 Å². The molecule has 1 aliphatic rings. The largest absolute Gasteiger partial charge is 0.394 e. The lowest BCUT2D eigenvalue weighted by Crippen LogP contribution is -2.45. The molecule has 0 fully saturated rings. The summed E-state index contributed by atoms with van der Waals surface area (Å²) in [7, 11) is 1.76. The Labute approximate surface area is 64.8 Å². The monoisotopic (exact) mass is 156 g/mol. The molecule has 1 aliphatic heterocycles. The summed E-state index contributed by atoms with van der Waals surface area (Å²) >= 11 is 0. The third kappa shape index (κ3) is 1.35. The van der Waals surface area contributed by atoms with Gasteiger partial charge in [0, 0.05) is 7.05 Å². The Balaban J connectivity index is 2.90. The van der Waals surface area contributed by atoms with Crippen LogP contribution in [0.5, 0.6) is 0 Å². The number of rotatable bonds is 1. The molecule has 0 saturated carbocycles. The maximum Gasteiger partial charge on any atom is 0.159 e. The lowest BCUT2D eigenvalue weighted by molar-refractivity contribution is 0.262. The molecular weight excluding hydrogens is 144 g/mol. The molecule has 0 aromatic carbocycles. The zero-order chi connectivity index (χ0) is 8.43. The molecule has 0 spiro atoms. The Kier molecular flexibility index (Phi) is 1.86. The highest BCUT2D eigenvalue weighted by Gasteiger charge is 2.12. The van der Waals surface area contributed by atoms with E-state index in [1.807, 2.05) is 6.92 Å². The van der Waals surface area contributed by atoms with Crippen molar-refractivity contribution in [3.05, 3.63) is 11.5 Å². The van der Waals surface area contributed by atoms with Crippen molar-refractivity contribution in [3.8, 4) is 0 Å². The van der Waals surface area contributed by atoms with Crippen molar-refractivity contribution in [3.63, 3.8) is 0 Å². The Bertz CT molecular complexity index is 217. The zero-order valence-electron chi connectivity index (χ0n) is 6.55. The molecule has 0 aliphatic carbocycles. The van der Waals surface area contributed by atoms with Gasteiger partial charge in [-0.3, -0.25) is 5.43 Å². The van der Waals surface area contributed by atoms with Crippen molar-refractivity contribution in [1.29, 1.82) is 0 Å². The molecule has 0 unspecified atom stereocenters. The summed E-state index contributed by atoms with van der Waals surface area (Å²) in [4.78, 5) is 0. The smallest absolute Gasteiger partial charge is 0.159 e. The van der Waals surface area contributed by atoms with Crippen molar-refractivity contribution in [2.75, 3.05) is 7.05 Å². The van der Waals surface area contributed by atoms with E-state index in [-0.39, 0.29) is 0 Å². The predicted octanol–water partition coefficient (Wildman–Crippen LogP) is -1.60. The molecule has 0 amide bonds. The second-order valence-electron chi connectivity index (χ2n) is 2.25. The van der Waals surface area contributed by atoms with Crippen LogP contribution in [0.3, 0.4) is 0 Å². The highest BCUT2D eigenvalue weighted by atomic mass is 15.7. The highest BCUT2D eigenvalue weighted by Crippen LogP contribution is 2.01. The van der Waals surface area contributed by atoms with Crippen molar-refractivity contribution in [1.82, 2.24) is 16.0 Å². The lowest BCUT2D eigenvalue weighted by atomic mass is 10.3. The van der Waals surface area contributed by atoms with Gasteiger partial charge in [-0.1, -0.05) is 0 Å². The van der Waals surface area contributed by atoms with Gasteiger partial charge in [0.25, 0.3) is 0 Å². The summed E-state index contributed by atoms with van der Waals surface area (Å²) in [5.41, 5.74) is 12.1. The van der Waals surface area contributed by atoms with Gasteiger partial charge in [0.2, 0.25) is 0 Å². The number of hydrazone groups is 1. The molecule has 0 aromatic heterocycles. The number of allylic oxidation sites excluding steroid dienone is 1. The third-order valence-corrected chi connectivity index (χ3v) is 1.38. The molecule has 6 N–H and O–H groups in total. The first kappa shape index (κ1) is 7.67. The van der Waals surface area contributed by atoms with Crippen molar-refractivity contribution in [2.45, 2.75) is 6.92 Å². The molecule has 0 atom stereocenters. The Morgan fingerprint density at radius 2 is 2.27 bits per heavy atom. The minimum Gasteiger partial charge on any atom is -0.394 e. The Morgan fingerprint density at radius 3 is 2.82 bits per heavy atom. The van der Waals surface area contributed by atoms with Crippen LogP contribution >= 0.6 is 0 Å². The van der Waals surface area contributed by atoms with E-state index in [1.54, 1.807) is 7.05 Å². The summed E-state index contributed by atoms with van der Waals surface area (Å²) in [6, 6.07) is 0. The van der Waals surface area contributed by atoms with Gasteiger partial charge in [-0.25, -0.2) is 11.0 Å². The van der Waals surface area contributed by atoms with E-state index in [1.165, 1.54) is 5.12 Å². The van der Waals surface area contributed by atoms with E-state index in [9.17, 15) is 0 Å². The first-order valence-electron chi connectivity index (χ1n) is 3.17. The van der Waals surface area contributed by atoms with E-state index in [0.717, 1.165) is 5.71 Å². The van der Waals surface area contributed by atoms with Gasteiger partial charge in [0.15, 0.2) is 5.82 Å². The quantitative estimate of drug-likeness (QED) is 0.271. The standard InChI is InChI=1S/C5H12N6/c1-3-4(6)5(8-7)10-11(2)9-3/h8,10H,6-7H2,1-2H3. The molecule has 6 nitrogen and oxygen atoms in total. The van der Waals surface area contributed by atoms with Crippen LogP contribution in [0.1, 0.15) is 6.92 Å². The Morgan fingerprint density at radius 1 is 1.64 bits per heavy atom. The van der Waals surface area contributed by atoms with Crippen LogP contribution in [0.15, 0.2) is 16.6 Å². The summed E-state index contributed by atoms with van der Waals surface area (Å²) in [6.07, 6.45) is 0. The molecule has 0 aromatic rings. The van der Waals surface area contributed by atoms with Gasteiger partial charge in [0.05, 0.1) is 11.4 Å². The minimum absolute atomic E-state index is 0.533. The topological polar surface area (TPSA) is 91.7 Å². The first-order chi connectivity index (χ1) is 5.15. The van der Waals surface area contributed by atoms with E-state index >= 15 is 0 Å². The second kappa shape index (κ2) is 2.67. The van der Waals surface area contributed by atoms with Crippen LogP contribution in [0.4, 0.5) is 0 Å². The van der Waals surface area contributed by atoms with Crippen LogP contribution < -0.4 is 22.4 Å². The van der Waals surface area contributed by atoms with Crippen molar-refractivity contribution in [2.24, 2.45) is 16.7 Å². The van der Waals surface area contributed by atoms with Crippen molar-refractivity contribution >= 4 is 5.71 Å². The van der Waals surface area contributed by atoms with Crippen LogP contribution in [-0.4, -0.2) is 17.9 Å². The second-order valence-corrected chi connectivity index (χ2v) is 2.25. The van der Waals surface area contributed by atoms with Crippen LogP contribution in [-0.2, 0) is 0 Å². The van der Waals surface area contributed by atoms with Crippen LogP contribution in [0.2, 0.25) is 0 Å². The zero-order valence-corrected chi connectivity index (χ0v) is 6.55. The summed E-state index contributed by atoms with van der Waals surface area (Å²) in [5.74, 6) is 5.76. The number of nitrogens with zero attached hydrogens (tertiary/aromatic N) is 2. The number of nitrogens with one attached hydrogen (secondary N) is 2. The molecule has 0 bridgehead atoms. The number of nitrogens with two attached hydrogens (primary N) is 2. The normalized spacial score (nSPS) is 17.7. The van der Waals surface area contributed by atoms with E-state index in [4.69, 9.17) is 11.6 Å². The number of hydrazine groups is 2. The average Bonchev–Trinajstić information content (AvgIpc) is 1.96. The minimum atomic E-state index is 0.533. The summed E-state index contributed by atoms with van der Waals surface area (Å²) in [6.45, 7) is 1.81. The van der Waals surface area contributed by atoms with E-state index in [2.05, 4.69) is 16.0 Å². The molecule has 0 saturated heterocycles. The third-order valence-electron chi connectivity index (χ3n) is 1.38. The van der Waals surface area contributed by atoms with E-state index < -0.39 is 0 Å². The Hall–Kier alpha value is -1.43. The number of hydrogen-bond donors (Lipinski definition) is 4. The van der Waals surface area contributed by atoms with Gasteiger partial charge < -0.3 is 11.2 Å². The molecule has 6 heteroatoms. The molecule has 1 rings (SSSR count). The fourth-order valence-electron chi connectivity index (χ4n) is 0.817. The molecular formula is C5H12N6. The van der Waals surface area contributed by atoms with E-state index in [0.29, 0.717) is 11.5 Å². The number of hydrogen-bond acceptors (Lipinski definition) is 6. The fourth-order valence-corrected chi connectivity index (χ4v) is 0.817. The molecule has 62 valence electrons. The average molecular weight is 156 g/mol. The predicted molar refractivity (Wildman–Crippen MR) is 42.5 cm³/mol. The van der Waals surface area contributed by atoms with Gasteiger partial charge in [-0.05, 0) is 6.92 Å². The summed E-state index contributed by atoms with van der Waals surface area (Å²) < 4.78 is 0. The molecule has 1 heterocycles. The first-order valence-corrected chi connectivity index (χ1v) is 3.17. The van der Waals surface area contributed by atoms with Gasteiger partial charge >= 0.3 is 0 Å². The SMILES string of the molecule is CC1=NN(C)NC(NN)=C1N. The molecule has 11 heavy (non-hydrogen) atoms. The van der Waals surface area contributed by atoms with Gasteiger partial charge in [0.1, 0.15) is 0 Å². The fraction of sp³-hybridized carbons (Fsp3) is 0.400. The summed E-state index contributed by atoms with van der Waals surface area (Å²) in [5, 5.41) is 5.55. The van der Waals surface area contributed by atoms with Crippen LogP contribution in [0.25, 0.3) is 0 Å². The maximum absolute atomic E-state index is 5.61. The van der Waals surface area contributed by atoms with Gasteiger partial charge in [-0.2, -0.15) is 5.10 Å².